The van der Waals surface area contributed by atoms with Crippen molar-refractivity contribution in [3.63, 3.8) is 0 Å². The van der Waals surface area contributed by atoms with Crippen molar-refractivity contribution < 1.29 is 22.3 Å². The molecule has 0 bridgehead atoms. The van der Waals surface area contributed by atoms with Crippen molar-refractivity contribution in [1.29, 1.82) is 0 Å². The average molecular weight is 450 g/mol. The molecule has 2 aromatic carbocycles. The smallest absolute Gasteiger partial charge is 0.243 e. The zero-order valence-corrected chi connectivity index (χ0v) is 18.6. The van der Waals surface area contributed by atoms with Crippen molar-refractivity contribution in [1.82, 2.24) is 14.5 Å². The maximum atomic E-state index is 13.1. The molecule has 1 atom stereocenters. The summed E-state index contributed by atoms with van der Waals surface area (Å²) in [7, 11) is -2.10. The van der Waals surface area contributed by atoms with Gasteiger partial charge in [0, 0.05) is 25.2 Å². The number of methoxy groups -OCH3 is 1. The van der Waals surface area contributed by atoms with Crippen LogP contribution in [0.5, 0.6) is 5.75 Å². The fraction of sp³-hybridized carbons (Fsp3) is 0.409. The van der Waals surface area contributed by atoms with E-state index in [0.29, 0.717) is 31.8 Å². The molecule has 1 N–H and O–H groups in total. The van der Waals surface area contributed by atoms with Gasteiger partial charge < -0.3 is 10.1 Å². The lowest BCUT2D eigenvalue weighted by atomic mass is 10.1. The number of hydrogen-bond donors (Lipinski definition) is 1. The highest BCUT2D eigenvalue weighted by Gasteiger charge is 2.27. The molecule has 1 aliphatic rings. The van der Waals surface area contributed by atoms with Crippen LogP contribution in [-0.2, 0) is 14.8 Å². The summed E-state index contributed by atoms with van der Waals surface area (Å²) in [6, 6.07) is 12.2. The fourth-order valence-electron chi connectivity index (χ4n) is 3.69. The van der Waals surface area contributed by atoms with E-state index in [2.05, 4.69) is 5.32 Å². The maximum absolute atomic E-state index is 13.1. The number of para-hydroxylation sites is 1. The zero-order valence-electron chi connectivity index (χ0n) is 17.8. The lowest BCUT2D eigenvalue weighted by Crippen LogP contribution is -2.40. The molecule has 1 amide bonds. The van der Waals surface area contributed by atoms with Crippen LogP contribution in [0.15, 0.2) is 53.4 Å². The lowest BCUT2D eigenvalue weighted by molar-refractivity contribution is -0.122. The summed E-state index contributed by atoms with van der Waals surface area (Å²) in [4.78, 5) is 14.6. The Balaban J connectivity index is 1.57. The molecule has 168 valence electrons. The zero-order chi connectivity index (χ0) is 22.4. The Labute approximate surface area is 182 Å². The molecule has 9 heteroatoms. The van der Waals surface area contributed by atoms with E-state index >= 15 is 0 Å². The number of rotatable bonds is 7. The summed E-state index contributed by atoms with van der Waals surface area (Å²) >= 11 is 0. The predicted molar refractivity (Wildman–Crippen MR) is 116 cm³/mol. The maximum Gasteiger partial charge on any atom is 0.243 e. The Bertz CT molecular complexity index is 998. The van der Waals surface area contributed by atoms with Gasteiger partial charge in [0.15, 0.2) is 0 Å². The molecule has 1 fully saturated rings. The lowest BCUT2D eigenvalue weighted by Gasteiger charge is -2.23. The van der Waals surface area contributed by atoms with E-state index in [1.807, 2.05) is 36.1 Å². The quantitative estimate of drug-likeness (QED) is 0.702. The van der Waals surface area contributed by atoms with E-state index in [4.69, 9.17) is 4.74 Å². The molecule has 31 heavy (non-hydrogen) atoms. The van der Waals surface area contributed by atoms with Gasteiger partial charge in [0.05, 0.1) is 24.6 Å². The van der Waals surface area contributed by atoms with Crippen LogP contribution < -0.4 is 10.1 Å². The number of carbonyl (C=O) groups excluding carboxylic acids is 1. The Morgan fingerprint density at radius 2 is 1.81 bits per heavy atom. The third-order valence-corrected chi connectivity index (χ3v) is 7.26. The highest BCUT2D eigenvalue weighted by atomic mass is 32.2. The molecule has 0 aromatic heterocycles. The highest BCUT2D eigenvalue weighted by molar-refractivity contribution is 7.89. The molecule has 2 aromatic rings. The first-order chi connectivity index (χ1) is 14.8. The van der Waals surface area contributed by atoms with Gasteiger partial charge in [0.1, 0.15) is 11.6 Å². The number of halogens is 1. The monoisotopic (exact) mass is 449 g/mol. The summed E-state index contributed by atoms with van der Waals surface area (Å²) in [6.45, 7) is 3.77. The van der Waals surface area contributed by atoms with E-state index in [1.165, 1.54) is 16.4 Å². The van der Waals surface area contributed by atoms with Gasteiger partial charge >= 0.3 is 0 Å². The number of benzene rings is 2. The molecule has 1 saturated heterocycles. The Hall–Kier alpha value is -2.49. The van der Waals surface area contributed by atoms with E-state index in [0.717, 1.165) is 17.7 Å². The number of nitrogens with one attached hydrogen (secondary N) is 1. The number of carbonyl (C=O) groups is 1. The van der Waals surface area contributed by atoms with Crippen LogP contribution in [0, 0.1) is 5.82 Å². The van der Waals surface area contributed by atoms with E-state index in [-0.39, 0.29) is 29.9 Å². The first-order valence-electron chi connectivity index (χ1n) is 10.2. The fourth-order valence-corrected chi connectivity index (χ4v) is 5.16. The van der Waals surface area contributed by atoms with Gasteiger partial charge in [-0.05, 0) is 50.2 Å². The van der Waals surface area contributed by atoms with Crippen molar-refractivity contribution in [3.8, 4) is 5.75 Å². The molecule has 7 nitrogen and oxygen atoms in total. The topological polar surface area (TPSA) is 79.0 Å². The standard InChI is InChI=1S/C22H28FN3O4S/c1-17(20-6-3-4-7-21(20)30-2)24-22(27)16-25-12-5-13-26(15-14-25)31(28,29)19-10-8-18(23)9-11-19/h3-4,6-11,17H,5,12-16H2,1-2H3,(H,24,27)/t17-/m0/s1. The minimum Gasteiger partial charge on any atom is -0.496 e. The normalized spacial score (nSPS) is 17.0. The first kappa shape index (κ1) is 23.2. The number of amides is 1. The van der Waals surface area contributed by atoms with E-state index in [1.54, 1.807) is 7.11 Å². The largest absolute Gasteiger partial charge is 0.496 e. The summed E-state index contributed by atoms with van der Waals surface area (Å²) in [5, 5.41) is 2.98. The van der Waals surface area contributed by atoms with E-state index in [9.17, 15) is 17.6 Å². The molecule has 3 rings (SSSR count). The number of hydrogen-bond acceptors (Lipinski definition) is 5. The molecular formula is C22H28FN3O4S. The summed E-state index contributed by atoms with van der Waals surface area (Å²) < 4.78 is 45.6. The molecular weight excluding hydrogens is 421 g/mol. The van der Waals surface area contributed by atoms with Crippen LogP contribution in [0.2, 0.25) is 0 Å². The summed E-state index contributed by atoms with van der Waals surface area (Å²) in [5.74, 6) is 0.106. The van der Waals surface area contributed by atoms with Crippen LogP contribution in [0.1, 0.15) is 24.9 Å². The Morgan fingerprint density at radius 3 is 2.52 bits per heavy atom. The van der Waals surface area contributed by atoms with Crippen molar-refractivity contribution in [3.05, 3.63) is 59.9 Å². The number of sulfonamides is 1. The number of ether oxygens (including phenoxy) is 1. The van der Waals surface area contributed by atoms with Crippen LogP contribution in [-0.4, -0.2) is 63.4 Å². The molecule has 0 unspecified atom stereocenters. The first-order valence-corrected chi connectivity index (χ1v) is 11.7. The van der Waals surface area contributed by atoms with Gasteiger partial charge in [-0.25, -0.2) is 12.8 Å². The van der Waals surface area contributed by atoms with Crippen LogP contribution in [0.3, 0.4) is 0 Å². The molecule has 1 aliphatic heterocycles. The molecule has 0 saturated carbocycles. The summed E-state index contributed by atoms with van der Waals surface area (Å²) in [6.07, 6.45) is 0.607. The van der Waals surface area contributed by atoms with Crippen LogP contribution in [0.4, 0.5) is 4.39 Å². The Kier molecular flexibility index (Phi) is 7.64. The third-order valence-electron chi connectivity index (χ3n) is 5.35. The average Bonchev–Trinajstić information content (AvgIpc) is 3.00. The van der Waals surface area contributed by atoms with Gasteiger partial charge in [-0.3, -0.25) is 9.69 Å². The highest BCUT2D eigenvalue weighted by Crippen LogP contribution is 2.24. The minimum absolute atomic E-state index is 0.0747. The van der Waals surface area contributed by atoms with E-state index < -0.39 is 15.8 Å². The van der Waals surface area contributed by atoms with Crippen LogP contribution >= 0.6 is 0 Å². The SMILES string of the molecule is COc1ccccc1[C@H](C)NC(=O)CN1CCCN(S(=O)(=O)c2ccc(F)cc2)CC1. The van der Waals surface area contributed by atoms with Gasteiger partial charge in [0.25, 0.3) is 0 Å². The van der Waals surface area contributed by atoms with Gasteiger partial charge in [-0.1, -0.05) is 18.2 Å². The second kappa shape index (κ2) is 10.2. The van der Waals surface area contributed by atoms with Crippen LogP contribution in [0.25, 0.3) is 0 Å². The Morgan fingerprint density at radius 1 is 1.10 bits per heavy atom. The van der Waals surface area contributed by atoms with Gasteiger partial charge in [-0.2, -0.15) is 4.31 Å². The van der Waals surface area contributed by atoms with Crippen molar-refractivity contribution in [2.45, 2.75) is 24.3 Å². The van der Waals surface area contributed by atoms with Crippen molar-refractivity contribution >= 4 is 15.9 Å². The second-order valence-electron chi connectivity index (χ2n) is 7.52. The van der Waals surface area contributed by atoms with Gasteiger partial charge in [0.2, 0.25) is 15.9 Å². The molecule has 1 heterocycles. The molecule has 0 aliphatic carbocycles. The third kappa shape index (κ3) is 5.81. The molecule has 0 radical (unpaired) electrons. The second-order valence-corrected chi connectivity index (χ2v) is 9.46. The molecule has 0 spiro atoms. The minimum atomic E-state index is -3.69. The van der Waals surface area contributed by atoms with Gasteiger partial charge in [-0.15, -0.1) is 0 Å². The van der Waals surface area contributed by atoms with Crippen molar-refractivity contribution in [2.24, 2.45) is 0 Å². The number of nitrogens with zero attached hydrogens (tertiary/aromatic N) is 2. The summed E-state index contributed by atoms with van der Waals surface area (Å²) in [5.41, 5.74) is 0.894. The predicted octanol–water partition coefficient (Wildman–Crippen LogP) is 2.41. The van der Waals surface area contributed by atoms with Crippen molar-refractivity contribution in [2.75, 3.05) is 39.8 Å².